The normalized spacial score (nSPS) is 16.7. The fourth-order valence-corrected chi connectivity index (χ4v) is 1.85. The van der Waals surface area contributed by atoms with Gasteiger partial charge in [0.25, 0.3) is 0 Å². The fraction of sp³-hybridized carbons (Fsp3) is 0.917. The molecule has 0 atom stereocenters. The van der Waals surface area contributed by atoms with Gasteiger partial charge in [0.1, 0.15) is 0 Å². The molecule has 1 amide bonds. The zero-order valence-electron chi connectivity index (χ0n) is 9.83. The molecule has 88 valence electrons. The second kappa shape index (κ2) is 7.69. The first-order chi connectivity index (χ1) is 7.34. The Kier molecular flexibility index (Phi) is 6.41. The molecule has 0 aliphatic carbocycles. The molecule has 0 unspecified atom stereocenters. The van der Waals surface area contributed by atoms with Crippen LogP contribution in [0.3, 0.4) is 0 Å². The van der Waals surface area contributed by atoms with Crippen LogP contribution in [0.5, 0.6) is 0 Å². The average molecular weight is 213 g/mol. The second-order valence-electron chi connectivity index (χ2n) is 4.16. The van der Waals surface area contributed by atoms with Crippen molar-refractivity contribution in [2.75, 3.05) is 26.3 Å². The summed E-state index contributed by atoms with van der Waals surface area (Å²) >= 11 is 0. The lowest BCUT2D eigenvalue weighted by atomic mass is 10.1. The largest absolute Gasteiger partial charge is 0.378 e. The molecule has 3 heteroatoms. The van der Waals surface area contributed by atoms with Crippen molar-refractivity contribution >= 4 is 5.91 Å². The number of ether oxygens (including phenoxy) is 1. The molecule has 0 aromatic carbocycles. The van der Waals surface area contributed by atoms with Crippen LogP contribution in [0.25, 0.3) is 0 Å². The number of nitrogens with zero attached hydrogens (tertiary/aromatic N) is 1. The number of unbranched alkanes of at least 4 members (excludes halogenated alkanes) is 4. The van der Waals surface area contributed by atoms with Crippen LogP contribution >= 0.6 is 0 Å². The van der Waals surface area contributed by atoms with Crippen LogP contribution < -0.4 is 0 Å². The van der Waals surface area contributed by atoms with E-state index in [9.17, 15) is 4.79 Å². The molecule has 0 spiro atoms. The Bertz CT molecular complexity index is 176. The van der Waals surface area contributed by atoms with Gasteiger partial charge in [-0.15, -0.1) is 0 Å². The topological polar surface area (TPSA) is 29.5 Å². The third kappa shape index (κ3) is 5.17. The molecule has 0 radical (unpaired) electrons. The third-order valence-electron chi connectivity index (χ3n) is 2.86. The highest BCUT2D eigenvalue weighted by atomic mass is 16.5. The van der Waals surface area contributed by atoms with Crippen molar-refractivity contribution in [2.24, 2.45) is 0 Å². The minimum atomic E-state index is 0.315. The van der Waals surface area contributed by atoms with E-state index in [-0.39, 0.29) is 0 Å². The average Bonchev–Trinajstić information content (AvgIpc) is 2.30. The number of carbonyl (C=O) groups excluding carboxylic acids is 1. The summed E-state index contributed by atoms with van der Waals surface area (Å²) in [6, 6.07) is 0. The van der Waals surface area contributed by atoms with Gasteiger partial charge in [-0.1, -0.05) is 32.6 Å². The maximum Gasteiger partial charge on any atom is 0.222 e. The van der Waals surface area contributed by atoms with E-state index in [2.05, 4.69) is 6.92 Å². The molecule has 0 aromatic heterocycles. The van der Waals surface area contributed by atoms with Crippen molar-refractivity contribution in [1.29, 1.82) is 0 Å². The number of hydrogen-bond acceptors (Lipinski definition) is 2. The third-order valence-corrected chi connectivity index (χ3v) is 2.86. The highest BCUT2D eigenvalue weighted by Gasteiger charge is 2.15. The van der Waals surface area contributed by atoms with Gasteiger partial charge in [0.2, 0.25) is 5.91 Å². The van der Waals surface area contributed by atoms with E-state index in [4.69, 9.17) is 4.74 Å². The summed E-state index contributed by atoms with van der Waals surface area (Å²) in [5.74, 6) is 0.315. The Balaban J connectivity index is 2.02. The van der Waals surface area contributed by atoms with E-state index in [0.717, 1.165) is 25.9 Å². The van der Waals surface area contributed by atoms with Crippen molar-refractivity contribution in [3.63, 3.8) is 0 Å². The highest BCUT2D eigenvalue weighted by Crippen LogP contribution is 2.08. The van der Waals surface area contributed by atoms with Crippen LogP contribution in [0, 0.1) is 0 Å². The molecular weight excluding hydrogens is 190 g/mol. The maximum atomic E-state index is 11.7. The van der Waals surface area contributed by atoms with Crippen molar-refractivity contribution in [1.82, 2.24) is 4.90 Å². The fourth-order valence-electron chi connectivity index (χ4n) is 1.85. The zero-order valence-corrected chi connectivity index (χ0v) is 9.83. The predicted octanol–water partition coefficient (Wildman–Crippen LogP) is 2.21. The van der Waals surface area contributed by atoms with Crippen LogP contribution in [-0.2, 0) is 9.53 Å². The lowest BCUT2D eigenvalue weighted by molar-refractivity contribution is -0.135. The van der Waals surface area contributed by atoms with Crippen LogP contribution in [0.4, 0.5) is 0 Å². The zero-order chi connectivity index (χ0) is 10.9. The molecule has 0 bridgehead atoms. The Morgan fingerprint density at radius 2 is 1.80 bits per heavy atom. The van der Waals surface area contributed by atoms with Crippen LogP contribution in [-0.4, -0.2) is 37.1 Å². The van der Waals surface area contributed by atoms with Gasteiger partial charge in [-0.3, -0.25) is 4.79 Å². The Morgan fingerprint density at radius 3 is 2.47 bits per heavy atom. The van der Waals surface area contributed by atoms with Gasteiger partial charge < -0.3 is 9.64 Å². The van der Waals surface area contributed by atoms with E-state index in [1.807, 2.05) is 4.90 Å². The molecule has 0 aromatic rings. The highest BCUT2D eigenvalue weighted by molar-refractivity contribution is 5.76. The monoisotopic (exact) mass is 213 g/mol. The first-order valence-electron chi connectivity index (χ1n) is 6.20. The number of rotatable bonds is 6. The van der Waals surface area contributed by atoms with Crippen LogP contribution in [0.2, 0.25) is 0 Å². The number of amides is 1. The molecule has 1 heterocycles. The lowest BCUT2D eigenvalue weighted by Gasteiger charge is -2.26. The summed E-state index contributed by atoms with van der Waals surface area (Å²) in [7, 11) is 0. The van der Waals surface area contributed by atoms with E-state index in [0.29, 0.717) is 19.1 Å². The summed E-state index contributed by atoms with van der Waals surface area (Å²) in [5.41, 5.74) is 0. The molecule has 1 fully saturated rings. The molecule has 1 rings (SSSR count). The molecule has 1 aliphatic heterocycles. The minimum absolute atomic E-state index is 0.315. The van der Waals surface area contributed by atoms with E-state index in [1.165, 1.54) is 25.7 Å². The maximum absolute atomic E-state index is 11.7. The number of morpholine rings is 1. The SMILES string of the molecule is CCCCCCCC(=O)N1CCOCC1. The molecular formula is C12H23NO2. The first-order valence-corrected chi connectivity index (χ1v) is 6.20. The molecule has 3 nitrogen and oxygen atoms in total. The summed E-state index contributed by atoms with van der Waals surface area (Å²) in [6.45, 7) is 5.20. The molecule has 0 N–H and O–H groups in total. The number of hydrogen-bond donors (Lipinski definition) is 0. The Labute approximate surface area is 92.8 Å². The lowest BCUT2D eigenvalue weighted by Crippen LogP contribution is -2.40. The predicted molar refractivity (Wildman–Crippen MR) is 60.8 cm³/mol. The van der Waals surface area contributed by atoms with Gasteiger partial charge in [0.05, 0.1) is 13.2 Å². The molecule has 1 aliphatic rings. The summed E-state index contributed by atoms with van der Waals surface area (Å²) in [6.07, 6.45) is 6.81. The number of carbonyl (C=O) groups is 1. The van der Waals surface area contributed by atoms with Crippen molar-refractivity contribution in [3.05, 3.63) is 0 Å². The molecule has 15 heavy (non-hydrogen) atoms. The van der Waals surface area contributed by atoms with Crippen LogP contribution in [0.1, 0.15) is 45.4 Å². The van der Waals surface area contributed by atoms with E-state index in [1.54, 1.807) is 0 Å². The van der Waals surface area contributed by atoms with Crippen molar-refractivity contribution in [3.8, 4) is 0 Å². The van der Waals surface area contributed by atoms with Crippen LogP contribution in [0.15, 0.2) is 0 Å². The van der Waals surface area contributed by atoms with Crippen molar-refractivity contribution < 1.29 is 9.53 Å². The first kappa shape index (κ1) is 12.5. The van der Waals surface area contributed by atoms with Gasteiger partial charge >= 0.3 is 0 Å². The van der Waals surface area contributed by atoms with Gasteiger partial charge in [0.15, 0.2) is 0 Å². The van der Waals surface area contributed by atoms with Gasteiger partial charge in [-0.25, -0.2) is 0 Å². The summed E-state index contributed by atoms with van der Waals surface area (Å²) < 4.78 is 5.21. The molecule has 1 saturated heterocycles. The van der Waals surface area contributed by atoms with Gasteiger partial charge in [-0.2, -0.15) is 0 Å². The second-order valence-corrected chi connectivity index (χ2v) is 4.16. The van der Waals surface area contributed by atoms with E-state index < -0.39 is 0 Å². The standard InChI is InChI=1S/C12H23NO2/c1-2-3-4-5-6-7-12(14)13-8-10-15-11-9-13/h2-11H2,1H3. The summed E-state index contributed by atoms with van der Waals surface area (Å²) in [4.78, 5) is 13.6. The Hall–Kier alpha value is -0.570. The quantitative estimate of drug-likeness (QED) is 0.633. The minimum Gasteiger partial charge on any atom is -0.378 e. The summed E-state index contributed by atoms with van der Waals surface area (Å²) in [5, 5.41) is 0. The van der Waals surface area contributed by atoms with Crippen molar-refractivity contribution in [2.45, 2.75) is 45.4 Å². The van der Waals surface area contributed by atoms with E-state index >= 15 is 0 Å². The van der Waals surface area contributed by atoms with Gasteiger partial charge in [-0.05, 0) is 6.42 Å². The molecule has 0 saturated carbocycles. The smallest absolute Gasteiger partial charge is 0.222 e. The Morgan fingerprint density at radius 1 is 1.13 bits per heavy atom. The van der Waals surface area contributed by atoms with Gasteiger partial charge in [0, 0.05) is 19.5 Å².